The average Bonchev–Trinajstić information content (AvgIpc) is 3.18. The van der Waals surface area contributed by atoms with Gasteiger partial charge in [0.1, 0.15) is 5.75 Å². The monoisotopic (exact) mass is 1020 g/mol. The number of nitrogens with zero attached hydrogens (tertiary/aromatic N) is 3. The fraction of sp³-hybridized carbons (Fsp3) is 0.250. The molecular formula is C40H47Br2N9O9S2. The zero-order chi connectivity index (χ0) is 46.3. The van der Waals surface area contributed by atoms with Gasteiger partial charge in [0.25, 0.3) is 5.69 Å². The second-order valence-electron chi connectivity index (χ2n) is 14.9. The number of benzene rings is 3. The van der Waals surface area contributed by atoms with Crippen LogP contribution >= 0.6 is 31.9 Å². The van der Waals surface area contributed by atoms with Crippen LogP contribution in [0.4, 0.5) is 26.7 Å². The third kappa shape index (κ3) is 17.9. The predicted octanol–water partition coefficient (Wildman–Crippen LogP) is 7.83. The topological polar surface area (TPSA) is 267 Å². The highest BCUT2D eigenvalue weighted by atomic mass is 79.9. The number of nitro groups is 1. The molecule has 62 heavy (non-hydrogen) atoms. The molecule has 0 unspecified atom stereocenters. The molecule has 7 N–H and O–H groups in total. The second-order valence-corrected chi connectivity index (χ2v) is 19.9. The summed E-state index contributed by atoms with van der Waals surface area (Å²) in [7, 11) is -7.57. The number of rotatable bonds is 11. The lowest BCUT2D eigenvalue weighted by Gasteiger charge is -2.21. The number of halogens is 2. The number of amides is 3. The van der Waals surface area contributed by atoms with Gasteiger partial charge < -0.3 is 21.1 Å². The van der Waals surface area contributed by atoms with E-state index in [-0.39, 0.29) is 33.5 Å². The summed E-state index contributed by atoms with van der Waals surface area (Å²) in [6, 6.07) is 24.5. The number of aromatic nitrogens is 2. The van der Waals surface area contributed by atoms with Crippen molar-refractivity contribution in [1.82, 2.24) is 24.7 Å². The molecule has 0 aliphatic carbocycles. The summed E-state index contributed by atoms with van der Waals surface area (Å²) in [5, 5.41) is 18.3. The van der Waals surface area contributed by atoms with Crippen molar-refractivity contribution in [3.8, 4) is 5.75 Å². The molecule has 2 aromatic heterocycles. The number of non-ortho nitro benzene ring substituents is 1. The van der Waals surface area contributed by atoms with Crippen molar-refractivity contribution in [3.05, 3.63) is 140 Å². The van der Waals surface area contributed by atoms with Crippen molar-refractivity contribution >= 4 is 81.1 Å². The Morgan fingerprint density at radius 1 is 0.710 bits per heavy atom. The lowest BCUT2D eigenvalue weighted by molar-refractivity contribution is -0.384. The van der Waals surface area contributed by atoms with Gasteiger partial charge >= 0.3 is 12.1 Å². The number of anilines is 2. The molecule has 5 aromatic rings. The number of carbonyl (C=O) groups is 2. The molecule has 3 aromatic carbocycles. The van der Waals surface area contributed by atoms with Crippen LogP contribution in [-0.4, -0.2) is 54.9 Å². The molecular weight excluding hydrogens is 974 g/mol. The Kier molecular flexibility index (Phi) is 18.6. The first kappa shape index (κ1) is 51.0. The van der Waals surface area contributed by atoms with Crippen molar-refractivity contribution in [3.63, 3.8) is 0 Å². The van der Waals surface area contributed by atoms with E-state index < -0.39 is 48.2 Å². The predicted molar refractivity (Wildman–Crippen MR) is 243 cm³/mol. The first-order valence-electron chi connectivity index (χ1n) is 18.3. The fourth-order valence-corrected chi connectivity index (χ4v) is 9.56. The Balaban J connectivity index is 0.000000280. The van der Waals surface area contributed by atoms with Gasteiger partial charge in [-0.05, 0) is 146 Å². The maximum atomic E-state index is 12.5. The van der Waals surface area contributed by atoms with E-state index in [1.54, 1.807) is 78.2 Å². The molecule has 3 amide bonds. The quantitative estimate of drug-likeness (QED) is 0.0546. The summed E-state index contributed by atoms with van der Waals surface area (Å²) in [6.45, 7) is 11.2. The Morgan fingerprint density at radius 3 is 1.58 bits per heavy atom. The van der Waals surface area contributed by atoms with Gasteiger partial charge in [0, 0.05) is 62.5 Å². The van der Waals surface area contributed by atoms with Gasteiger partial charge in [-0.3, -0.25) is 25.4 Å². The highest BCUT2D eigenvalue weighted by Gasteiger charge is 2.26. The zero-order valence-electron chi connectivity index (χ0n) is 34.5. The number of urea groups is 1. The summed E-state index contributed by atoms with van der Waals surface area (Å²) in [5.41, 5.74) is 6.06. The molecule has 0 radical (unpaired) electrons. The SMILES string of the molecule is CC(C)(C)NS(=O)(=O)c1cc(NC(=O)NCc2ccccn2)ccc1Br.CC(C)(C)NS(=O)(=O)c1cc(NC(=O)Oc2ccc([N+](=O)[O-])cc2)ccc1Br.NCc1ccccn1. The van der Waals surface area contributed by atoms with Crippen LogP contribution in [0, 0.1) is 10.1 Å². The molecule has 0 atom stereocenters. The first-order chi connectivity index (χ1) is 28.9. The van der Waals surface area contributed by atoms with E-state index in [0.717, 1.165) is 11.4 Å². The average molecular weight is 1020 g/mol. The van der Waals surface area contributed by atoms with Crippen LogP contribution in [0.15, 0.2) is 128 Å². The van der Waals surface area contributed by atoms with E-state index in [1.165, 1.54) is 48.5 Å². The zero-order valence-corrected chi connectivity index (χ0v) is 39.3. The van der Waals surface area contributed by atoms with Crippen LogP contribution in [-0.2, 0) is 33.1 Å². The Labute approximate surface area is 377 Å². The van der Waals surface area contributed by atoms with Crippen LogP contribution in [0.5, 0.6) is 5.75 Å². The van der Waals surface area contributed by atoms with E-state index >= 15 is 0 Å². The van der Waals surface area contributed by atoms with Crippen LogP contribution in [0.1, 0.15) is 52.9 Å². The molecule has 0 spiro atoms. The smallest absolute Gasteiger partial charge is 0.410 e. The number of hydrogen-bond acceptors (Lipinski definition) is 12. The van der Waals surface area contributed by atoms with E-state index in [0.29, 0.717) is 21.2 Å². The lowest BCUT2D eigenvalue weighted by Crippen LogP contribution is -2.40. The lowest BCUT2D eigenvalue weighted by atomic mass is 10.1. The summed E-state index contributed by atoms with van der Waals surface area (Å²) < 4.78 is 61.1. The van der Waals surface area contributed by atoms with Crippen molar-refractivity contribution < 1.29 is 36.1 Å². The van der Waals surface area contributed by atoms with Crippen molar-refractivity contribution in [2.75, 3.05) is 10.6 Å². The molecule has 0 bridgehead atoms. The van der Waals surface area contributed by atoms with Gasteiger partial charge in [0.05, 0.1) is 32.6 Å². The van der Waals surface area contributed by atoms with Crippen LogP contribution in [0.25, 0.3) is 0 Å². The van der Waals surface area contributed by atoms with E-state index in [4.69, 9.17) is 10.5 Å². The summed E-state index contributed by atoms with van der Waals surface area (Å²) in [6.07, 6.45) is 2.51. The Bertz CT molecular complexity index is 2520. The number of nitrogens with one attached hydrogen (secondary N) is 5. The summed E-state index contributed by atoms with van der Waals surface area (Å²) >= 11 is 6.44. The van der Waals surface area contributed by atoms with Crippen molar-refractivity contribution in [1.29, 1.82) is 0 Å². The van der Waals surface area contributed by atoms with Gasteiger partial charge in [0.2, 0.25) is 20.0 Å². The highest BCUT2D eigenvalue weighted by molar-refractivity contribution is 9.10. The Hall–Kier alpha value is -5.36. The molecule has 0 saturated heterocycles. The molecule has 18 nitrogen and oxygen atoms in total. The highest BCUT2D eigenvalue weighted by Crippen LogP contribution is 2.28. The van der Waals surface area contributed by atoms with Crippen molar-refractivity contribution in [2.45, 2.75) is 75.5 Å². The van der Waals surface area contributed by atoms with Gasteiger partial charge in [-0.1, -0.05) is 12.1 Å². The minimum atomic E-state index is -3.83. The van der Waals surface area contributed by atoms with Crippen LogP contribution < -0.4 is 35.9 Å². The van der Waals surface area contributed by atoms with E-state index in [2.05, 4.69) is 67.2 Å². The number of nitrogens with two attached hydrogens (primary N) is 1. The van der Waals surface area contributed by atoms with Crippen LogP contribution in [0.2, 0.25) is 0 Å². The number of nitro benzene ring substituents is 1. The summed E-state index contributed by atoms with van der Waals surface area (Å²) in [4.78, 5) is 42.2. The third-order valence-corrected chi connectivity index (χ3v) is 12.7. The van der Waals surface area contributed by atoms with E-state index in [9.17, 15) is 36.5 Å². The number of hydrogen-bond donors (Lipinski definition) is 6. The number of ether oxygens (including phenoxy) is 1. The van der Waals surface area contributed by atoms with Gasteiger partial charge in [-0.15, -0.1) is 0 Å². The molecule has 5 rings (SSSR count). The molecule has 332 valence electrons. The minimum Gasteiger partial charge on any atom is -0.410 e. The summed E-state index contributed by atoms with van der Waals surface area (Å²) in [5.74, 6) is 0.0995. The maximum Gasteiger partial charge on any atom is 0.417 e. The number of pyridine rings is 2. The van der Waals surface area contributed by atoms with Gasteiger partial charge in [0.15, 0.2) is 0 Å². The van der Waals surface area contributed by atoms with Crippen LogP contribution in [0.3, 0.4) is 0 Å². The standard InChI is InChI=1S/C17H21BrN4O3S.C17H18BrN3O6S.C6H8N2/c1-17(2,3)22-26(24,25)15-10-12(7-8-14(15)18)21-16(23)20-11-13-6-4-5-9-19-13;1-17(2,3)20-28(25,26)15-10-11(4-9-14(15)18)19-16(22)27-13-7-5-12(6-8-13)21(23)24;7-5-6-3-1-2-4-8-6/h4-10,22H,11H2,1-3H3,(H2,20,21,23);4-10,20H,1-3H3,(H,19,22);1-4H,5,7H2. The van der Waals surface area contributed by atoms with Gasteiger partial charge in [-0.25, -0.2) is 35.9 Å². The molecule has 0 aliphatic heterocycles. The second kappa shape index (κ2) is 22.6. The normalized spacial score (nSPS) is 11.4. The molecule has 0 saturated carbocycles. The third-order valence-electron chi connectivity index (χ3n) is 7.18. The fourth-order valence-electron chi connectivity index (χ4n) is 4.74. The van der Waals surface area contributed by atoms with Crippen molar-refractivity contribution in [2.24, 2.45) is 5.73 Å². The minimum absolute atomic E-state index is 0.0458. The largest absolute Gasteiger partial charge is 0.417 e. The number of carbonyl (C=O) groups excluding carboxylic acids is 2. The Morgan fingerprint density at radius 2 is 1.18 bits per heavy atom. The van der Waals surface area contributed by atoms with E-state index in [1.807, 2.05) is 24.3 Å². The molecule has 0 fully saturated rings. The van der Waals surface area contributed by atoms with Gasteiger partial charge in [-0.2, -0.15) is 0 Å². The maximum absolute atomic E-state index is 12.5. The molecule has 2 heterocycles. The number of sulfonamides is 2. The molecule has 0 aliphatic rings. The first-order valence-corrected chi connectivity index (χ1v) is 22.9. The molecule has 22 heteroatoms.